The second-order valence-corrected chi connectivity index (χ2v) is 7.32. The maximum atomic E-state index is 12.5. The molecule has 4 heteroatoms. The predicted octanol–water partition coefficient (Wildman–Crippen LogP) is 2.28. The van der Waals surface area contributed by atoms with Gasteiger partial charge in [-0.15, -0.1) is 0 Å². The van der Waals surface area contributed by atoms with E-state index < -0.39 is 0 Å². The first kappa shape index (κ1) is 12.7. The van der Waals surface area contributed by atoms with Crippen molar-refractivity contribution in [3.63, 3.8) is 0 Å². The molecule has 3 aliphatic heterocycles. The van der Waals surface area contributed by atoms with Crippen molar-refractivity contribution in [2.75, 3.05) is 6.61 Å². The summed E-state index contributed by atoms with van der Waals surface area (Å²) in [4.78, 5) is 12.5. The fourth-order valence-electron chi connectivity index (χ4n) is 5.48. The average molecular weight is 290 g/mol. The molecule has 3 saturated heterocycles. The zero-order valence-electron chi connectivity index (χ0n) is 12.1. The van der Waals surface area contributed by atoms with Gasteiger partial charge in [0.2, 0.25) is 6.29 Å². The topological polar surface area (TPSA) is 44.8 Å². The summed E-state index contributed by atoms with van der Waals surface area (Å²) in [6, 6.07) is 0. The van der Waals surface area contributed by atoms with Gasteiger partial charge >= 0.3 is 5.97 Å². The molecule has 8 unspecified atom stereocenters. The molecule has 8 atom stereocenters. The van der Waals surface area contributed by atoms with Crippen molar-refractivity contribution in [1.29, 1.82) is 0 Å². The molecule has 4 nitrogen and oxygen atoms in total. The van der Waals surface area contributed by atoms with E-state index in [1.165, 1.54) is 6.42 Å². The Morgan fingerprint density at radius 1 is 1.10 bits per heavy atom. The Balaban J connectivity index is 1.29. The molecule has 0 N–H and O–H groups in total. The van der Waals surface area contributed by atoms with E-state index in [4.69, 9.17) is 14.2 Å². The first-order chi connectivity index (χ1) is 10.3. The van der Waals surface area contributed by atoms with Gasteiger partial charge in [0.25, 0.3) is 0 Å². The summed E-state index contributed by atoms with van der Waals surface area (Å²) in [5.74, 6) is 2.42. The maximum absolute atomic E-state index is 12.5. The molecule has 5 rings (SSSR count). The lowest BCUT2D eigenvalue weighted by Gasteiger charge is -2.33. The molecule has 0 spiro atoms. The molecule has 0 aromatic heterocycles. The highest BCUT2D eigenvalue weighted by molar-refractivity contribution is 5.74. The van der Waals surface area contributed by atoms with E-state index in [0.29, 0.717) is 30.3 Å². The third-order valence-electron chi connectivity index (χ3n) is 6.29. The molecule has 4 bridgehead atoms. The largest absolute Gasteiger partial charge is 0.435 e. The van der Waals surface area contributed by atoms with E-state index >= 15 is 0 Å². The summed E-state index contributed by atoms with van der Waals surface area (Å²) in [6.07, 6.45) is 9.92. The summed E-state index contributed by atoms with van der Waals surface area (Å²) < 4.78 is 17.3. The van der Waals surface area contributed by atoms with Crippen molar-refractivity contribution in [2.45, 2.75) is 50.6 Å². The van der Waals surface area contributed by atoms with Crippen LogP contribution in [0.15, 0.2) is 12.2 Å². The molecule has 3 heterocycles. The van der Waals surface area contributed by atoms with E-state index in [0.717, 1.165) is 25.7 Å². The standard InChI is InChI=1S/C17H22O4/c18-17(21-13-3-1-2-6-19-13)11-8-12-14-9-4-5-10(7-9)15(14)16(11)20-12/h4-5,9-16H,1-3,6-8H2. The minimum absolute atomic E-state index is 0.0606. The Morgan fingerprint density at radius 3 is 2.76 bits per heavy atom. The predicted molar refractivity (Wildman–Crippen MR) is 74.2 cm³/mol. The van der Waals surface area contributed by atoms with Crippen LogP contribution in [-0.2, 0) is 19.0 Å². The number of carbonyl (C=O) groups excluding carboxylic acids is 1. The normalized spacial score (nSPS) is 53.1. The first-order valence-electron chi connectivity index (χ1n) is 8.47. The smallest absolute Gasteiger partial charge is 0.313 e. The minimum Gasteiger partial charge on any atom is -0.435 e. The lowest BCUT2D eigenvalue weighted by atomic mass is 9.69. The Labute approximate surface area is 124 Å². The van der Waals surface area contributed by atoms with Crippen LogP contribution in [0.1, 0.15) is 32.1 Å². The van der Waals surface area contributed by atoms with Crippen LogP contribution in [0, 0.1) is 29.6 Å². The Hall–Kier alpha value is -0.870. The number of ether oxygens (including phenoxy) is 3. The quantitative estimate of drug-likeness (QED) is 0.578. The SMILES string of the molecule is O=C(OC1CCCCO1)C1CC2OC1C1C3C=CC(C3)C21. The second-order valence-electron chi connectivity index (χ2n) is 7.32. The summed E-state index contributed by atoms with van der Waals surface area (Å²) >= 11 is 0. The van der Waals surface area contributed by atoms with Gasteiger partial charge in [0.05, 0.1) is 24.7 Å². The summed E-state index contributed by atoms with van der Waals surface area (Å²) in [6.45, 7) is 0.713. The van der Waals surface area contributed by atoms with Crippen LogP contribution in [0.2, 0.25) is 0 Å². The van der Waals surface area contributed by atoms with Crippen LogP contribution in [0.25, 0.3) is 0 Å². The Morgan fingerprint density at radius 2 is 1.95 bits per heavy atom. The number of carbonyl (C=O) groups is 1. The molecule has 2 aliphatic carbocycles. The first-order valence-corrected chi connectivity index (χ1v) is 8.47. The van der Waals surface area contributed by atoms with E-state index in [-0.39, 0.29) is 30.4 Å². The molecule has 0 amide bonds. The van der Waals surface area contributed by atoms with Crippen LogP contribution >= 0.6 is 0 Å². The third-order valence-corrected chi connectivity index (χ3v) is 6.29. The summed E-state index contributed by atoms with van der Waals surface area (Å²) in [7, 11) is 0. The van der Waals surface area contributed by atoms with Crippen LogP contribution in [0.3, 0.4) is 0 Å². The zero-order chi connectivity index (χ0) is 14.0. The molecular formula is C17H22O4. The fraction of sp³-hybridized carbons (Fsp3) is 0.824. The van der Waals surface area contributed by atoms with Gasteiger partial charge in [0.15, 0.2) is 0 Å². The number of hydrogen-bond donors (Lipinski definition) is 0. The van der Waals surface area contributed by atoms with Gasteiger partial charge in [-0.05, 0) is 49.4 Å². The molecule has 0 aromatic rings. The monoisotopic (exact) mass is 290 g/mol. The maximum Gasteiger partial charge on any atom is 0.313 e. The number of allylic oxidation sites excluding steroid dienone is 2. The van der Waals surface area contributed by atoms with Gasteiger partial charge in [0, 0.05) is 6.42 Å². The highest BCUT2D eigenvalue weighted by atomic mass is 16.7. The van der Waals surface area contributed by atoms with Crippen molar-refractivity contribution in [2.24, 2.45) is 29.6 Å². The molecular weight excluding hydrogens is 268 g/mol. The molecule has 21 heavy (non-hydrogen) atoms. The minimum atomic E-state index is -0.318. The summed E-state index contributed by atoms with van der Waals surface area (Å²) in [5, 5.41) is 0. The van der Waals surface area contributed by atoms with Crippen LogP contribution in [0.5, 0.6) is 0 Å². The highest BCUT2D eigenvalue weighted by Crippen LogP contribution is 2.61. The van der Waals surface area contributed by atoms with Crippen molar-refractivity contribution in [3.8, 4) is 0 Å². The van der Waals surface area contributed by atoms with E-state index in [1.54, 1.807) is 0 Å². The molecule has 1 saturated carbocycles. The Bertz CT molecular complexity index is 481. The van der Waals surface area contributed by atoms with Crippen LogP contribution < -0.4 is 0 Å². The third kappa shape index (κ3) is 1.78. The lowest BCUT2D eigenvalue weighted by Crippen LogP contribution is -2.41. The molecule has 4 fully saturated rings. The van der Waals surface area contributed by atoms with Crippen molar-refractivity contribution in [1.82, 2.24) is 0 Å². The van der Waals surface area contributed by atoms with Crippen LogP contribution in [0.4, 0.5) is 0 Å². The Kier molecular flexibility index (Phi) is 2.75. The van der Waals surface area contributed by atoms with E-state index in [1.807, 2.05) is 0 Å². The van der Waals surface area contributed by atoms with Gasteiger partial charge in [-0.1, -0.05) is 12.2 Å². The second kappa shape index (κ2) is 4.56. The number of rotatable bonds is 2. The van der Waals surface area contributed by atoms with Crippen LogP contribution in [-0.4, -0.2) is 31.1 Å². The molecule has 0 aromatic carbocycles. The van der Waals surface area contributed by atoms with Crippen molar-refractivity contribution >= 4 is 5.97 Å². The lowest BCUT2D eigenvalue weighted by molar-refractivity contribution is -0.193. The van der Waals surface area contributed by atoms with Crippen molar-refractivity contribution < 1.29 is 19.0 Å². The van der Waals surface area contributed by atoms with Gasteiger partial charge in [-0.3, -0.25) is 4.79 Å². The zero-order valence-corrected chi connectivity index (χ0v) is 12.1. The van der Waals surface area contributed by atoms with E-state index in [2.05, 4.69) is 12.2 Å². The van der Waals surface area contributed by atoms with E-state index in [9.17, 15) is 4.79 Å². The summed E-state index contributed by atoms with van der Waals surface area (Å²) in [5.41, 5.74) is 0. The highest BCUT2D eigenvalue weighted by Gasteiger charge is 2.64. The van der Waals surface area contributed by atoms with Gasteiger partial charge in [0.1, 0.15) is 0 Å². The fourth-order valence-corrected chi connectivity index (χ4v) is 5.48. The van der Waals surface area contributed by atoms with Gasteiger partial charge < -0.3 is 14.2 Å². The number of fused-ring (bicyclic) bond motifs is 9. The van der Waals surface area contributed by atoms with Gasteiger partial charge in [-0.2, -0.15) is 0 Å². The molecule has 5 aliphatic rings. The van der Waals surface area contributed by atoms with Gasteiger partial charge in [-0.25, -0.2) is 0 Å². The number of esters is 1. The number of hydrogen-bond acceptors (Lipinski definition) is 4. The molecule has 0 radical (unpaired) electrons. The molecule has 114 valence electrons. The average Bonchev–Trinajstić information content (AvgIpc) is 3.26. The van der Waals surface area contributed by atoms with Crippen molar-refractivity contribution in [3.05, 3.63) is 12.2 Å².